The molecule has 0 unspecified atom stereocenters. The van der Waals surface area contributed by atoms with Crippen LogP contribution in [0.15, 0.2) is 121 Å². The van der Waals surface area contributed by atoms with Crippen molar-refractivity contribution in [2.45, 2.75) is 162 Å². The highest BCUT2D eigenvalue weighted by atomic mass is 16.6. The van der Waals surface area contributed by atoms with E-state index in [9.17, 15) is 43.5 Å². The number of esters is 1. The minimum Gasteiger partial charge on any atom is -0.493 e. The monoisotopic (exact) mass is 1310 g/mol. The van der Waals surface area contributed by atoms with E-state index in [-0.39, 0.29) is 89.3 Å². The van der Waals surface area contributed by atoms with Crippen molar-refractivity contribution in [3.63, 3.8) is 0 Å². The third-order valence-corrected chi connectivity index (χ3v) is 17.9. The van der Waals surface area contributed by atoms with Gasteiger partial charge in [-0.3, -0.25) is 24.0 Å². The Balaban J connectivity index is 0.912. The molecule has 0 aromatic heterocycles. The van der Waals surface area contributed by atoms with Crippen LogP contribution in [-0.4, -0.2) is 152 Å². The summed E-state index contributed by atoms with van der Waals surface area (Å²) < 4.78 is 34.9. The van der Waals surface area contributed by atoms with Crippen LogP contribution in [0.25, 0.3) is 0 Å². The first kappa shape index (κ1) is 73.6. The first-order valence-corrected chi connectivity index (χ1v) is 33.4. The Kier molecular flexibility index (Phi) is 28.1. The summed E-state index contributed by atoms with van der Waals surface area (Å²) >= 11 is 0. The Labute approximate surface area is 559 Å². The molecule has 6 amide bonds. The maximum Gasteiger partial charge on any atom is 0.417 e. The molecule has 0 spiro atoms. The van der Waals surface area contributed by atoms with E-state index in [4.69, 9.17) is 28.4 Å². The van der Waals surface area contributed by atoms with Crippen LogP contribution in [0.5, 0.6) is 23.0 Å². The molecule has 0 bridgehead atoms. The van der Waals surface area contributed by atoms with Crippen LogP contribution in [0.4, 0.5) is 9.59 Å². The predicted molar refractivity (Wildman–Crippen MR) is 360 cm³/mol. The van der Waals surface area contributed by atoms with E-state index < -0.39 is 77.4 Å². The Hall–Kier alpha value is -8.78. The quantitative estimate of drug-likeness (QED) is 0.0194. The lowest BCUT2D eigenvalue weighted by molar-refractivity contribution is -0.164. The number of nitrogens with one attached hydrogen (secondary N) is 2. The smallest absolute Gasteiger partial charge is 0.417 e. The zero-order valence-corrected chi connectivity index (χ0v) is 56.7. The van der Waals surface area contributed by atoms with E-state index in [1.165, 1.54) is 9.80 Å². The number of urea groups is 1. The fraction of sp³-hybridized carbons (Fsp3) is 0.493. The van der Waals surface area contributed by atoms with Crippen molar-refractivity contribution in [2.24, 2.45) is 17.3 Å². The van der Waals surface area contributed by atoms with Gasteiger partial charge in [-0.05, 0) is 154 Å². The number of nitrogens with zero attached hydrogens (tertiary/aromatic N) is 3. The minimum atomic E-state index is -1.08. The number of methoxy groups -OCH3 is 2. The van der Waals surface area contributed by atoms with Crippen LogP contribution in [0.3, 0.4) is 0 Å². The fourth-order valence-electron chi connectivity index (χ4n) is 12.3. The van der Waals surface area contributed by atoms with E-state index in [2.05, 4.69) is 10.6 Å². The van der Waals surface area contributed by atoms with Gasteiger partial charge in [0.1, 0.15) is 30.3 Å². The van der Waals surface area contributed by atoms with E-state index in [0.29, 0.717) is 86.3 Å². The number of amides is 6. The lowest BCUT2D eigenvalue weighted by atomic mass is 9.83. The van der Waals surface area contributed by atoms with Crippen LogP contribution in [0.1, 0.15) is 138 Å². The number of aryl methyl sites for hydroxylation is 3. The third kappa shape index (κ3) is 21.4. The third-order valence-electron chi connectivity index (χ3n) is 17.9. The lowest BCUT2D eigenvalue weighted by Crippen LogP contribution is -2.58. The van der Waals surface area contributed by atoms with Crippen LogP contribution >= 0.6 is 0 Å². The van der Waals surface area contributed by atoms with E-state index in [0.717, 1.165) is 32.7 Å². The van der Waals surface area contributed by atoms with Gasteiger partial charge in [-0.25, -0.2) is 19.3 Å². The van der Waals surface area contributed by atoms with Gasteiger partial charge >= 0.3 is 18.1 Å². The second-order valence-electron chi connectivity index (χ2n) is 25.8. The molecule has 2 heterocycles. The van der Waals surface area contributed by atoms with Crippen molar-refractivity contribution in [3.8, 4) is 23.0 Å². The first-order valence-electron chi connectivity index (χ1n) is 33.4. The number of benzene rings is 5. The van der Waals surface area contributed by atoms with E-state index >= 15 is 0 Å². The number of aliphatic hydroxyl groups excluding tert-OH is 1. The second kappa shape index (κ2) is 36.2. The molecule has 0 radical (unpaired) electrons. The van der Waals surface area contributed by atoms with Gasteiger partial charge < -0.3 is 54.0 Å². The number of carbonyl (C=O) groups is 8. The van der Waals surface area contributed by atoms with Crippen LogP contribution in [0.2, 0.25) is 0 Å². The van der Waals surface area contributed by atoms with Gasteiger partial charge in [-0.1, -0.05) is 132 Å². The Bertz CT molecular complexity index is 3360. The number of ether oxygens (including phenoxy) is 6. The standard InChI is InChI=1S/C75H97N5O15/c1-10-75(6,7)70(85)71(86)78-38-18-17-31-60(78)72(87)95-63(35-33-55-34-36-64(90-8)65(47-55)91-9)57-29-20-30-58(48-57)92-42-37-76-66(83)32-21-41-93-74(89)80-40-22-39-79(73(80)88)68(50(2)3)62(82)46-56(43-53-25-13-11-14-26-53)45-61(81)59(44-54-27-15-12-16-28-54)77-67(84)49-94-69-51(4)23-19-24-52(69)5/h11-16,19-20,23-30,34,36,47-48,50,56,59-61,63,68,81H,10,17-18,21-22,31-33,35,37-46,49H2,1-9H3,(H,76,83)(H,77,84)/t56-,59-,60-,61-,63+,68-/m0/s1. The maximum atomic E-state index is 14.7. The lowest BCUT2D eigenvalue weighted by Gasteiger charge is -2.40. The molecular formula is C75H97N5O15. The maximum absolute atomic E-state index is 14.7. The first-order chi connectivity index (χ1) is 45.6. The molecule has 95 heavy (non-hydrogen) atoms. The predicted octanol–water partition coefficient (Wildman–Crippen LogP) is 10.9. The summed E-state index contributed by atoms with van der Waals surface area (Å²) in [5.74, 6) is -1.30. The molecular weight excluding hydrogens is 1210 g/mol. The number of para-hydroxylation sites is 1. The number of rotatable bonds is 35. The number of ketones is 2. The summed E-state index contributed by atoms with van der Waals surface area (Å²) in [6, 6.07) is 34.4. The van der Waals surface area contributed by atoms with Gasteiger partial charge in [0, 0.05) is 37.9 Å². The minimum absolute atomic E-state index is 0.00417. The summed E-state index contributed by atoms with van der Waals surface area (Å²) in [5.41, 5.74) is 4.31. The van der Waals surface area contributed by atoms with Crippen molar-refractivity contribution in [1.29, 1.82) is 0 Å². The average Bonchev–Trinajstić information content (AvgIpc) is 0.842. The van der Waals surface area contributed by atoms with E-state index in [1.807, 2.05) is 132 Å². The Morgan fingerprint density at radius 3 is 2.08 bits per heavy atom. The summed E-state index contributed by atoms with van der Waals surface area (Å²) in [5, 5.41) is 18.0. The SMILES string of the molecule is CCC(C)(C)C(=O)C(=O)N1CCCC[C@H]1C(=O)O[C@H](CCc1ccc(OC)c(OC)c1)c1cccc(OCCNC(=O)CCCOC(=O)N2CCCN([C@H](C(=O)C[C@@H](Cc3ccccc3)C[C@H](O)[C@H](Cc3ccccc3)NC(=O)COc3c(C)cccc3C)C(C)C)C2=O)c1. The zero-order chi connectivity index (χ0) is 68.6. The molecule has 2 aliphatic heterocycles. The van der Waals surface area contributed by atoms with Crippen LogP contribution < -0.4 is 29.6 Å². The van der Waals surface area contributed by atoms with Gasteiger partial charge in [0.2, 0.25) is 11.7 Å². The summed E-state index contributed by atoms with van der Waals surface area (Å²) in [7, 11) is 3.11. The highest BCUT2D eigenvalue weighted by Gasteiger charge is 2.43. The molecule has 0 aliphatic carbocycles. The Morgan fingerprint density at radius 1 is 0.726 bits per heavy atom. The molecule has 2 aliphatic rings. The number of aliphatic hydroxyl groups is 1. The molecule has 7 rings (SSSR count). The van der Waals surface area contributed by atoms with Crippen molar-refractivity contribution < 1.29 is 71.9 Å². The zero-order valence-electron chi connectivity index (χ0n) is 56.7. The van der Waals surface area contributed by atoms with Gasteiger partial charge in [-0.2, -0.15) is 0 Å². The molecule has 2 saturated heterocycles. The van der Waals surface area contributed by atoms with Crippen LogP contribution in [-0.2, 0) is 57.5 Å². The largest absolute Gasteiger partial charge is 0.493 e. The van der Waals surface area contributed by atoms with Crippen molar-refractivity contribution >= 4 is 47.4 Å². The highest BCUT2D eigenvalue weighted by molar-refractivity contribution is 6.38. The molecule has 20 nitrogen and oxygen atoms in total. The molecule has 512 valence electrons. The number of hydrogen-bond acceptors (Lipinski definition) is 15. The number of carbonyl (C=O) groups excluding carboxylic acids is 8. The number of likely N-dealkylation sites (tertiary alicyclic amines) is 1. The summed E-state index contributed by atoms with van der Waals surface area (Å²) in [4.78, 5) is 114. The molecule has 6 atom stereocenters. The molecule has 5 aromatic rings. The van der Waals surface area contributed by atoms with Gasteiger partial charge in [-0.15, -0.1) is 0 Å². The van der Waals surface area contributed by atoms with E-state index in [1.54, 1.807) is 52.3 Å². The summed E-state index contributed by atoms with van der Waals surface area (Å²) in [6.07, 6.45) is 1.74. The molecule has 2 fully saturated rings. The van der Waals surface area contributed by atoms with Gasteiger partial charge in [0.05, 0.1) is 45.6 Å². The fourth-order valence-corrected chi connectivity index (χ4v) is 12.3. The van der Waals surface area contributed by atoms with Gasteiger partial charge in [0.25, 0.3) is 11.8 Å². The second-order valence-corrected chi connectivity index (χ2v) is 25.8. The normalized spacial score (nSPS) is 15.8. The molecule has 20 heteroatoms. The average molecular weight is 1310 g/mol. The highest BCUT2D eigenvalue weighted by Crippen LogP contribution is 2.34. The Morgan fingerprint density at radius 2 is 1.41 bits per heavy atom. The number of imide groups is 1. The van der Waals surface area contributed by atoms with Crippen LogP contribution in [0, 0.1) is 31.1 Å². The number of hydrogen-bond donors (Lipinski definition) is 3. The number of piperidine rings is 1. The topological polar surface area (TPSA) is 246 Å². The molecule has 0 saturated carbocycles. The number of Topliss-reactive ketones (excluding diaryl/α,β-unsaturated/α-hetero) is 2. The summed E-state index contributed by atoms with van der Waals surface area (Å²) in [6.45, 7) is 13.2. The van der Waals surface area contributed by atoms with Crippen molar-refractivity contribution in [2.75, 3.05) is 60.2 Å². The van der Waals surface area contributed by atoms with Crippen molar-refractivity contribution in [3.05, 3.63) is 155 Å². The van der Waals surface area contributed by atoms with Crippen molar-refractivity contribution in [1.82, 2.24) is 25.3 Å². The van der Waals surface area contributed by atoms with Gasteiger partial charge in [0.15, 0.2) is 23.9 Å². The molecule has 3 N–H and O–H groups in total. The molecule has 5 aromatic carbocycles.